The summed E-state index contributed by atoms with van der Waals surface area (Å²) in [5.41, 5.74) is 3.15. The van der Waals surface area contributed by atoms with Crippen LogP contribution >= 0.6 is 0 Å². The van der Waals surface area contributed by atoms with Gasteiger partial charge in [0.15, 0.2) is 5.82 Å². The van der Waals surface area contributed by atoms with Crippen molar-refractivity contribution >= 4 is 5.91 Å². The third kappa shape index (κ3) is 3.79. The molecule has 3 heterocycles. The number of para-hydroxylation sites is 1. The fraction of sp³-hybridized carbons (Fsp3) is 0.238. The average molecular weight is 360 g/mol. The minimum atomic E-state index is -0.187. The molecular formula is C21H20N4O2. The number of aryl methyl sites for hydroxylation is 2. The lowest BCUT2D eigenvalue weighted by molar-refractivity contribution is 0.0917. The van der Waals surface area contributed by atoms with Gasteiger partial charge < -0.3 is 10.1 Å². The summed E-state index contributed by atoms with van der Waals surface area (Å²) in [4.78, 5) is 25.4. The van der Waals surface area contributed by atoms with E-state index in [0.29, 0.717) is 23.6 Å². The van der Waals surface area contributed by atoms with E-state index < -0.39 is 0 Å². The highest BCUT2D eigenvalue weighted by Crippen LogP contribution is 2.26. The Balaban J connectivity index is 1.40. The summed E-state index contributed by atoms with van der Waals surface area (Å²) in [6.07, 6.45) is 6.78. The number of aromatic nitrogens is 3. The molecule has 0 fully saturated rings. The highest BCUT2D eigenvalue weighted by Gasteiger charge is 2.21. The quantitative estimate of drug-likeness (QED) is 0.774. The number of rotatable bonds is 4. The Labute approximate surface area is 157 Å². The topological polar surface area (TPSA) is 77.0 Å². The van der Waals surface area contributed by atoms with Gasteiger partial charge >= 0.3 is 0 Å². The lowest BCUT2D eigenvalue weighted by Crippen LogP contribution is -2.37. The molecule has 6 nitrogen and oxygen atoms in total. The molecule has 3 aromatic rings. The van der Waals surface area contributed by atoms with Crippen molar-refractivity contribution in [2.75, 3.05) is 6.54 Å². The van der Waals surface area contributed by atoms with Gasteiger partial charge in [-0.25, -0.2) is 9.97 Å². The number of carbonyl (C=O) groups excluding carboxylic acids is 1. The van der Waals surface area contributed by atoms with Gasteiger partial charge in [0, 0.05) is 24.2 Å². The highest BCUT2D eigenvalue weighted by atomic mass is 16.5. The number of carbonyl (C=O) groups is 1. The fourth-order valence-electron chi connectivity index (χ4n) is 3.15. The minimum absolute atomic E-state index is 0.0280. The Bertz CT molecular complexity index is 959. The molecule has 1 aliphatic rings. The van der Waals surface area contributed by atoms with Crippen molar-refractivity contribution in [3.8, 4) is 17.1 Å². The van der Waals surface area contributed by atoms with Crippen molar-refractivity contribution in [3.05, 3.63) is 71.8 Å². The van der Waals surface area contributed by atoms with Crippen LogP contribution in [-0.4, -0.2) is 33.5 Å². The number of benzene rings is 1. The Morgan fingerprint density at radius 2 is 2.11 bits per heavy atom. The third-order valence-corrected chi connectivity index (χ3v) is 4.64. The van der Waals surface area contributed by atoms with Crippen molar-refractivity contribution < 1.29 is 9.53 Å². The Hall–Kier alpha value is -3.28. The minimum Gasteiger partial charge on any atom is -0.488 e. The van der Waals surface area contributed by atoms with Crippen molar-refractivity contribution in [1.29, 1.82) is 0 Å². The molecule has 1 aromatic carbocycles. The van der Waals surface area contributed by atoms with Crippen LogP contribution in [0.25, 0.3) is 11.4 Å². The zero-order valence-corrected chi connectivity index (χ0v) is 15.1. The molecule has 1 atom stereocenters. The first kappa shape index (κ1) is 17.1. The largest absolute Gasteiger partial charge is 0.488 e. The van der Waals surface area contributed by atoms with Gasteiger partial charge in [-0.3, -0.25) is 9.78 Å². The molecule has 0 radical (unpaired) electrons. The van der Waals surface area contributed by atoms with Gasteiger partial charge in [-0.2, -0.15) is 0 Å². The van der Waals surface area contributed by atoms with Gasteiger partial charge in [0.2, 0.25) is 0 Å². The van der Waals surface area contributed by atoms with Crippen LogP contribution in [0.1, 0.15) is 28.0 Å². The van der Waals surface area contributed by atoms with Gasteiger partial charge in [0.25, 0.3) is 5.91 Å². The second-order valence-electron chi connectivity index (χ2n) is 6.53. The van der Waals surface area contributed by atoms with Crippen LogP contribution in [0.2, 0.25) is 0 Å². The second-order valence-corrected chi connectivity index (χ2v) is 6.53. The van der Waals surface area contributed by atoms with Gasteiger partial charge in [-0.15, -0.1) is 0 Å². The summed E-state index contributed by atoms with van der Waals surface area (Å²) in [6.45, 7) is 2.26. The summed E-state index contributed by atoms with van der Waals surface area (Å²) in [6, 6.07) is 11.7. The highest BCUT2D eigenvalue weighted by molar-refractivity contribution is 5.95. The molecule has 0 aliphatic carbocycles. The van der Waals surface area contributed by atoms with E-state index in [1.54, 1.807) is 18.6 Å². The zero-order valence-electron chi connectivity index (χ0n) is 15.1. The van der Waals surface area contributed by atoms with Crippen LogP contribution < -0.4 is 10.1 Å². The van der Waals surface area contributed by atoms with Crippen LogP contribution in [0.5, 0.6) is 5.75 Å². The average Bonchev–Trinajstić information content (AvgIpc) is 2.72. The van der Waals surface area contributed by atoms with E-state index in [-0.39, 0.29) is 12.0 Å². The summed E-state index contributed by atoms with van der Waals surface area (Å²) in [5.74, 6) is 1.28. The molecule has 1 aliphatic heterocycles. The molecular weight excluding hydrogens is 340 g/mol. The van der Waals surface area contributed by atoms with Crippen LogP contribution in [0, 0.1) is 6.92 Å². The van der Waals surface area contributed by atoms with E-state index in [4.69, 9.17) is 4.74 Å². The normalized spacial score (nSPS) is 15.5. The molecule has 0 bridgehead atoms. The predicted octanol–water partition coefficient (Wildman–Crippen LogP) is 2.97. The number of amides is 1. The number of ether oxygens (including phenoxy) is 1. The molecule has 1 N–H and O–H groups in total. The van der Waals surface area contributed by atoms with Crippen molar-refractivity contribution in [1.82, 2.24) is 20.3 Å². The smallest absolute Gasteiger partial charge is 0.254 e. The Kier molecular flexibility index (Phi) is 4.78. The van der Waals surface area contributed by atoms with Gasteiger partial charge in [0.05, 0.1) is 17.8 Å². The summed E-state index contributed by atoms with van der Waals surface area (Å²) < 4.78 is 5.97. The van der Waals surface area contributed by atoms with E-state index in [0.717, 1.165) is 24.2 Å². The number of nitrogens with zero attached hydrogens (tertiary/aromatic N) is 3. The van der Waals surface area contributed by atoms with Crippen molar-refractivity contribution in [2.45, 2.75) is 25.9 Å². The molecule has 4 rings (SSSR count). The number of hydrogen-bond donors (Lipinski definition) is 1. The van der Waals surface area contributed by atoms with Crippen molar-refractivity contribution in [2.24, 2.45) is 0 Å². The van der Waals surface area contributed by atoms with Gasteiger partial charge in [-0.05, 0) is 43.5 Å². The summed E-state index contributed by atoms with van der Waals surface area (Å²) in [5, 5.41) is 2.94. The molecule has 0 saturated heterocycles. The molecule has 0 saturated carbocycles. The summed E-state index contributed by atoms with van der Waals surface area (Å²) in [7, 11) is 0. The van der Waals surface area contributed by atoms with E-state index in [9.17, 15) is 4.79 Å². The van der Waals surface area contributed by atoms with E-state index in [2.05, 4.69) is 26.3 Å². The van der Waals surface area contributed by atoms with Gasteiger partial charge in [-0.1, -0.05) is 18.2 Å². The first-order valence-electron chi connectivity index (χ1n) is 8.97. The second kappa shape index (κ2) is 7.53. The van der Waals surface area contributed by atoms with Crippen molar-refractivity contribution in [3.63, 3.8) is 0 Å². The monoisotopic (exact) mass is 360 g/mol. The lowest BCUT2D eigenvalue weighted by Gasteiger charge is -2.26. The number of pyridine rings is 1. The van der Waals surface area contributed by atoms with Crippen LogP contribution in [0.3, 0.4) is 0 Å². The molecule has 0 spiro atoms. The third-order valence-electron chi connectivity index (χ3n) is 4.64. The fourth-order valence-corrected chi connectivity index (χ4v) is 3.15. The molecule has 27 heavy (non-hydrogen) atoms. The zero-order chi connectivity index (χ0) is 18.6. The van der Waals surface area contributed by atoms with E-state index in [1.165, 1.54) is 5.56 Å². The van der Waals surface area contributed by atoms with E-state index >= 15 is 0 Å². The summed E-state index contributed by atoms with van der Waals surface area (Å²) >= 11 is 0. The van der Waals surface area contributed by atoms with Gasteiger partial charge in [0.1, 0.15) is 11.9 Å². The molecule has 2 aromatic heterocycles. The standard InChI is InChI=1S/C21H20N4O2/c1-14-18(13-23-20(25-14)16-6-4-10-22-11-16)21(26)24-12-17-9-8-15-5-2-3-7-19(15)27-17/h2-7,10-11,13,17H,8-9,12H2,1H3,(H,24,26)/t17-/m1/s1. The maximum Gasteiger partial charge on any atom is 0.254 e. The number of nitrogens with one attached hydrogen (secondary N) is 1. The Morgan fingerprint density at radius 1 is 1.22 bits per heavy atom. The maximum absolute atomic E-state index is 12.5. The number of hydrogen-bond acceptors (Lipinski definition) is 5. The molecule has 0 unspecified atom stereocenters. The predicted molar refractivity (Wildman–Crippen MR) is 102 cm³/mol. The molecule has 6 heteroatoms. The first-order valence-corrected chi connectivity index (χ1v) is 8.97. The number of fused-ring (bicyclic) bond motifs is 1. The lowest BCUT2D eigenvalue weighted by atomic mass is 10.0. The van der Waals surface area contributed by atoms with Crippen LogP contribution in [0.15, 0.2) is 55.0 Å². The maximum atomic E-state index is 12.5. The molecule has 136 valence electrons. The SMILES string of the molecule is Cc1nc(-c2cccnc2)ncc1C(=O)NC[C@H]1CCc2ccccc2O1. The van der Waals surface area contributed by atoms with E-state index in [1.807, 2.05) is 37.3 Å². The first-order chi connectivity index (χ1) is 13.2. The van der Waals surface area contributed by atoms with Crippen LogP contribution in [-0.2, 0) is 6.42 Å². The van der Waals surface area contributed by atoms with Crippen LogP contribution in [0.4, 0.5) is 0 Å². The molecule has 1 amide bonds. The Morgan fingerprint density at radius 3 is 2.93 bits per heavy atom.